The molecule has 4 heteroatoms. The summed E-state index contributed by atoms with van der Waals surface area (Å²) in [6.07, 6.45) is 4.70. The maximum atomic E-state index is 5.33. The second-order valence-electron chi connectivity index (χ2n) is 5.50. The molecule has 1 aliphatic heterocycles. The zero-order chi connectivity index (χ0) is 13.5. The Morgan fingerprint density at radius 3 is 3.10 bits per heavy atom. The van der Waals surface area contributed by atoms with E-state index in [4.69, 9.17) is 9.72 Å². The number of nitrogens with zero attached hydrogens (tertiary/aromatic N) is 1. The van der Waals surface area contributed by atoms with Gasteiger partial charge in [-0.05, 0) is 56.0 Å². The summed E-state index contributed by atoms with van der Waals surface area (Å²) < 4.78 is 5.33. The molecule has 104 valence electrons. The molecular weight excluding hydrogens is 268 g/mol. The number of ether oxygens (including phenoxy) is 1. The smallest absolute Gasteiger partial charge is 0.119 e. The number of hydrogen-bond acceptors (Lipinski definition) is 4. The predicted molar refractivity (Wildman–Crippen MR) is 81.5 cm³/mol. The fourth-order valence-corrected chi connectivity index (χ4v) is 4.37. The van der Waals surface area contributed by atoms with Crippen LogP contribution in [0.1, 0.15) is 34.3 Å². The summed E-state index contributed by atoms with van der Waals surface area (Å²) in [5.74, 6) is 0.945. The number of nitrogens with one attached hydrogen (secondary N) is 1. The molecule has 2 heterocycles. The van der Waals surface area contributed by atoms with Gasteiger partial charge >= 0.3 is 0 Å². The minimum absolute atomic E-state index is 0.479. The van der Waals surface area contributed by atoms with Crippen molar-refractivity contribution in [3.8, 4) is 17.0 Å². The lowest BCUT2D eigenvalue weighted by atomic mass is 9.93. The quantitative estimate of drug-likeness (QED) is 0.919. The SMILES string of the molecule is COc1ccc2c(c1)CCc1sc(C3CCCN3)nc1-2. The van der Waals surface area contributed by atoms with Crippen molar-refractivity contribution in [2.75, 3.05) is 13.7 Å². The van der Waals surface area contributed by atoms with Crippen LogP contribution in [0.5, 0.6) is 5.75 Å². The van der Waals surface area contributed by atoms with Crippen LogP contribution < -0.4 is 10.1 Å². The van der Waals surface area contributed by atoms with Crippen molar-refractivity contribution in [2.24, 2.45) is 0 Å². The van der Waals surface area contributed by atoms with E-state index in [2.05, 4.69) is 17.4 Å². The van der Waals surface area contributed by atoms with E-state index in [0.717, 1.165) is 25.1 Å². The number of methoxy groups -OCH3 is 1. The molecule has 2 aliphatic rings. The van der Waals surface area contributed by atoms with Crippen molar-refractivity contribution in [3.63, 3.8) is 0 Å². The van der Waals surface area contributed by atoms with Gasteiger partial charge in [0.05, 0.1) is 18.8 Å². The summed E-state index contributed by atoms with van der Waals surface area (Å²) >= 11 is 1.90. The maximum absolute atomic E-state index is 5.33. The third-order valence-electron chi connectivity index (χ3n) is 4.26. The molecule has 1 N–H and O–H groups in total. The molecule has 20 heavy (non-hydrogen) atoms. The second-order valence-corrected chi connectivity index (χ2v) is 6.61. The van der Waals surface area contributed by atoms with Crippen LogP contribution in [0.2, 0.25) is 0 Å². The van der Waals surface area contributed by atoms with E-state index in [9.17, 15) is 0 Å². The highest BCUT2D eigenvalue weighted by molar-refractivity contribution is 7.12. The number of thiazole rings is 1. The zero-order valence-corrected chi connectivity index (χ0v) is 12.4. The Morgan fingerprint density at radius 2 is 2.30 bits per heavy atom. The van der Waals surface area contributed by atoms with Crippen LogP contribution in [0, 0.1) is 0 Å². The predicted octanol–water partition coefficient (Wildman–Crippen LogP) is 3.34. The highest BCUT2D eigenvalue weighted by atomic mass is 32.1. The van der Waals surface area contributed by atoms with Crippen LogP contribution in [0.15, 0.2) is 18.2 Å². The molecule has 2 aromatic rings. The standard InChI is InChI=1S/C16H18N2OS/c1-19-11-5-6-12-10(9-11)4-7-14-15(12)18-16(20-14)13-3-2-8-17-13/h5-6,9,13,17H,2-4,7-8H2,1H3. The first kappa shape index (κ1) is 12.4. The van der Waals surface area contributed by atoms with Gasteiger partial charge in [-0.25, -0.2) is 4.98 Å². The molecule has 1 aromatic carbocycles. The van der Waals surface area contributed by atoms with Crippen molar-refractivity contribution in [1.82, 2.24) is 10.3 Å². The van der Waals surface area contributed by atoms with Crippen LogP contribution >= 0.6 is 11.3 Å². The highest BCUT2D eigenvalue weighted by Crippen LogP contribution is 2.40. The number of rotatable bonds is 2. The van der Waals surface area contributed by atoms with E-state index < -0.39 is 0 Å². The van der Waals surface area contributed by atoms with E-state index >= 15 is 0 Å². The Hall–Kier alpha value is -1.39. The highest BCUT2D eigenvalue weighted by Gasteiger charge is 2.25. The largest absolute Gasteiger partial charge is 0.497 e. The van der Waals surface area contributed by atoms with Gasteiger partial charge in [-0.15, -0.1) is 11.3 Å². The molecule has 0 spiro atoms. The molecule has 4 rings (SSSR count). The average molecular weight is 286 g/mol. The number of fused-ring (bicyclic) bond motifs is 3. The Bertz CT molecular complexity index is 644. The number of aryl methyl sites for hydroxylation is 2. The fourth-order valence-electron chi connectivity index (χ4n) is 3.18. The van der Waals surface area contributed by atoms with Crippen LogP contribution in [0.25, 0.3) is 11.3 Å². The van der Waals surface area contributed by atoms with Gasteiger partial charge in [0.1, 0.15) is 10.8 Å². The van der Waals surface area contributed by atoms with Gasteiger partial charge in [0.25, 0.3) is 0 Å². The molecule has 0 saturated carbocycles. The summed E-state index contributed by atoms with van der Waals surface area (Å²) in [7, 11) is 1.72. The summed E-state index contributed by atoms with van der Waals surface area (Å²) in [4.78, 5) is 6.40. The van der Waals surface area contributed by atoms with Gasteiger partial charge in [0.2, 0.25) is 0 Å². The van der Waals surface area contributed by atoms with Gasteiger partial charge < -0.3 is 10.1 Å². The molecule has 1 atom stereocenters. The van der Waals surface area contributed by atoms with E-state index in [1.165, 1.54) is 39.5 Å². The van der Waals surface area contributed by atoms with Gasteiger partial charge in [-0.1, -0.05) is 0 Å². The lowest BCUT2D eigenvalue weighted by Gasteiger charge is -2.15. The molecule has 1 saturated heterocycles. The monoisotopic (exact) mass is 286 g/mol. The van der Waals surface area contributed by atoms with Crippen LogP contribution in [0.4, 0.5) is 0 Å². The summed E-state index contributed by atoms with van der Waals surface area (Å²) in [6, 6.07) is 6.84. The van der Waals surface area contributed by atoms with E-state index in [1.807, 2.05) is 17.4 Å². The Morgan fingerprint density at radius 1 is 1.35 bits per heavy atom. The normalized spacial score (nSPS) is 20.6. The van der Waals surface area contributed by atoms with Gasteiger partial charge in [0.15, 0.2) is 0 Å². The third-order valence-corrected chi connectivity index (χ3v) is 5.49. The second kappa shape index (κ2) is 4.86. The Labute approximate surface area is 123 Å². The molecule has 1 aliphatic carbocycles. The Balaban J connectivity index is 1.75. The van der Waals surface area contributed by atoms with Crippen molar-refractivity contribution < 1.29 is 4.74 Å². The first-order valence-corrected chi connectivity index (χ1v) is 8.07. The van der Waals surface area contributed by atoms with Crippen molar-refractivity contribution in [1.29, 1.82) is 0 Å². The summed E-state index contributed by atoms with van der Waals surface area (Å²) in [6.45, 7) is 1.13. The lowest BCUT2D eigenvalue weighted by Crippen LogP contribution is -2.12. The van der Waals surface area contributed by atoms with Crippen molar-refractivity contribution >= 4 is 11.3 Å². The third kappa shape index (κ3) is 1.95. The summed E-state index contributed by atoms with van der Waals surface area (Å²) in [5, 5.41) is 4.83. The van der Waals surface area contributed by atoms with Crippen LogP contribution in [0.3, 0.4) is 0 Å². The van der Waals surface area contributed by atoms with Crippen LogP contribution in [-0.4, -0.2) is 18.6 Å². The molecular formula is C16H18N2OS. The van der Waals surface area contributed by atoms with Crippen molar-refractivity contribution in [3.05, 3.63) is 33.6 Å². The molecule has 1 aromatic heterocycles. The number of benzene rings is 1. The average Bonchev–Trinajstić information content (AvgIpc) is 3.15. The molecule has 1 unspecified atom stereocenters. The molecule has 0 bridgehead atoms. The van der Waals surface area contributed by atoms with E-state index in [0.29, 0.717) is 6.04 Å². The van der Waals surface area contributed by atoms with E-state index in [-0.39, 0.29) is 0 Å². The van der Waals surface area contributed by atoms with Gasteiger partial charge in [-0.2, -0.15) is 0 Å². The minimum atomic E-state index is 0.479. The van der Waals surface area contributed by atoms with Gasteiger partial charge in [-0.3, -0.25) is 0 Å². The molecule has 0 amide bonds. The van der Waals surface area contributed by atoms with Crippen molar-refractivity contribution in [2.45, 2.75) is 31.7 Å². The van der Waals surface area contributed by atoms with Gasteiger partial charge in [0, 0.05) is 10.4 Å². The van der Waals surface area contributed by atoms with E-state index in [1.54, 1.807) is 7.11 Å². The molecule has 0 radical (unpaired) electrons. The number of hydrogen-bond donors (Lipinski definition) is 1. The maximum Gasteiger partial charge on any atom is 0.119 e. The van der Waals surface area contributed by atoms with Crippen LogP contribution in [-0.2, 0) is 12.8 Å². The first-order valence-electron chi connectivity index (χ1n) is 7.25. The zero-order valence-electron chi connectivity index (χ0n) is 11.6. The topological polar surface area (TPSA) is 34.1 Å². The molecule has 1 fully saturated rings. The number of aromatic nitrogens is 1. The molecule has 3 nitrogen and oxygen atoms in total. The minimum Gasteiger partial charge on any atom is -0.497 e. The first-order chi connectivity index (χ1) is 9.85. The summed E-state index contributed by atoms with van der Waals surface area (Å²) in [5.41, 5.74) is 3.88. The Kier molecular flexibility index (Phi) is 3.00. The lowest BCUT2D eigenvalue weighted by molar-refractivity contribution is 0.414. The fraction of sp³-hybridized carbons (Fsp3) is 0.438.